The Hall–Kier alpha value is 6.55. The molecule has 0 bridgehead atoms. The van der Waals surface area contributed by atoms with Gasteiger partial charge in [0.05, 0.1) is 0 Å². The molecule has 4 radical (unpaired) electrons. The van der Waals surface area contributed by atoms with Crippen molar-refractivity contribution in [2.75, 3.05) is 0 Å². The summed E-state index contributed by atoms with van der Waals surface area (Å²) in [5.74, 6) is 0. The molecular weight excluding hydrogens is 156 g/mol. The molecule has 0 aliphatic heterocycles. The van der Waals surface area contributed by atoms with Gasteiger partial charge in [-0.05, 0) is 0 Å². The molecule has 0 aromatic rings. The minimum absolute atomic E-state index is 0. The van der Waals surface area contributed by atoms with Crippen LogP contribution in [-0.2, 0) is 0 Å². The molecule has 0 fully saturated rings. The summed E-state index contributed by atoms with van der Waals surface area (Å²) in [5, 5.41) is 0. The molecule has 0 rings (SSSR count). The maximum atomic E-state index is 0. The number of hydrogen-bond donors (Lipinski definition) is 0. The van der Waals surface area contributed by atoms with E-state index in [0.717, 1.165) is 0 Å². The van der Waals surface area contributed by atoms with Gasteiger partial charge in [0.2, 0.25) is 0 Å². The zero-order valence-electron chi connectivity index (χ0n) is 4.00. The maximum absolute atomic E-state index is 0. The van der Waals surface area contributed by atoms with Gasteiger partial charge in [-0.15, -0.1) is 0 Å². The average Bonchev–Trinajstić information content (AvgIpc) is 0. The fourth-order valence-corrected chi connectivity index (χ4v) is 0. The predicted octanol–water partition coefficient (Wildman–Crippen LogP) is -1.52. The minimum atomic E-state index is 0. The third kappa shape index (κ3) is 11.4. The first-order valence-corrected chi connectivity index (χ1v) is 0. The van der Waals surface area contributed by atoms with Gasteiger partial charge in [0.25, 0.3) is 0 Å². The fourth-order valence-electron chi connectivity index (χ4n) is 0. The molecule has 0 spiro atoms. The van der Waals surface area contributed by atoms with E-state index >= 15 is 0 Å². The van der Waals surface area contributed by atoms with Crippen LogP contribution in [0.1, 0.15) is 0 Å². The summed E-state index contributed by atoms with van der Waals surface area (Å²) in [6.45, 7) is 0. The van der Waals surface area contributed by atoms with E-state index in [-0.39, 0.29) is 206 Å². The predicted molar refractivity (Wildman–Crippen MR) is 23.0 cm³/mol. The first-order chi connectivity index (χ1) is 0. The Morgan fingerprint density at radius 1 is 0.250 bits per heavy atom. The summed E-state index contributed by atoms with van der Waals surface area (Å²) < 4.78 is 0. The zero-order valence-corrected chi connectivity index (χ0v) is 16.5. The summed E-state index contributed by atoms with van der Waals surface area (Å²) in [5.41, 5.74) is 0. The molecule has 0 aliphatic rings. The van der Waals surface area contributed by atoms with Crippen molar-refractivity contribution < 1.29 is 0 Å². The summed E-state index contributed by atoms with van der Waals surface area (Å²) in [7, 11) is 0. The number of rotatable bonds is 0. The Balaban J connectivity index is 0. The largest absolute Gasteiger partial charge is 0 e. The van der Waals surface area contributed by atoms with E-state index in [2.05, 4.69) is 0 Å². The Morgan fingerprint density at radius 2 is 0.250 bits per heavy atom. The first-order valence-electron chi connectivity index (χ1n) is 0. The molecular formula is K4. The van der Waals surface area contributed by atoms with E-state index in [1.54, 1.807) is 0 Å². The van der Waals surface area contributed by atoms with Crippen molar-refractivity contribution in [3.05, 3.63) is 0 Å². The van der Waals surface area contributed by atoms with Crippen molar-refractivity contribution >= 4 is 206 Å². The molecule has 0 unspecified atom stereocenters. The van der Waals surface area contributed by atoms with E-state index in [9.17, 15) is 0 Å². The molecule has 4 heteroatoms. The second-order valence-electron chi connectivity index (χ2n) is 0. The molecule has 0 aromatic heterocycles. The Bertz CT molecular complexity index is 0. The second-order valence-corrected chi connectivity index (χ2v) is 0. The van der Waals surface area contributed by atoms with Crippen molar-refractivity contribution in [1.29, 1.82) is 0 Å². The van der Waals surface area contributed by atoms with Gasteiger partial charge in [-0.25, -0.2) is 0 Å². The molecule has 4 heavy (non-hydrogen) atoms. The van der Waals surface area contributed by atoms with Crippen molar-refractivity contribution in [2.24, 2.45) is 0 Å². The van der Waals surface area contributed by atoms with E-state index in [0.29, 0.717) is 0 Å². The summed E-state index contributed by atoms with van der Waals surface area (Å²) in [6, 6.07) is 0. The van der Waals surface area contributed by atoms with Crippen LogP contribution in [0.3, 0.4) is 0 Å². The van der Waals surface area contributed by atoms with Crippen LogP contribution in [-0.4, -0.2) is 206 Å². The van der Waals surface area contributed by atoms with Crippen LogP contribution in [0, 0.1) is 0 Å². The Morgan fingerprint density at radius 3 is 0.250 bits per heavy atom. The van der Waals surface area contributed by atoms with Crippen LogP contribution in [0.25, 0.3) is 0 Å². The third-order valence-electron chi connectivity index (χ3n) is 0. The average molecular weight is 156 g/mol. The second kappa shape index (κ2) is 16.3. The molecule has 0 aliphatic carbocycles. The number of hydrogen-bond acceptors (Lipinski definition) is 0. The van der Waals surface area contributed by atoms with Crippen LogP contribution in [0.15, 0.2) is 0 Å². The first kappa shape index (κ1) is 22.4. The molecule has 0 amide bonds. The van der Waals surface area contributed by atoms with Gasteiger partial charge in [-0.1, -0.05) is 0 Å². The molecule has 0 N–H and O–H groups in total. The normalized spacial score (nSPS) is 0. The molecule has 0 nitrogen and oxygen atoms in total. The summed E-state index contributed by atoms with van der Waals surface area (Å²) >= 11 is 0. The van der Waals surface area contributed by atoms with Gasteiger partial charge in [-0.2, -0.15) is 0 Å². The molecule has 0 saturated heterocycles. The SMILES string of the molecule is [K].[K].[K].[K]. The molecule has 4 valence electrons. The van der Waals surface area contributed by atoms with Crippen molar-refractivity contribution in [2.45, 2.75) is 0 Å². The van der Waals surface area contributed by atoms with Gasteiger partial charge in [0.1, 0.15) is 0 Å². The standard InChI is InChI=1S/4K. The van der Waals surface area contributed by atoms with E-state index in [1.807, 2.05) is 0 Å². The summed E-state index contributed by atoms with van der Waals surface area (Å²) in [6.07, 6.45) is 0. The smallest absolute Gasteiger partial charge is 0 e. The monoisotopic (exact) mass is 156 g/mol. The fraction of sp³-hybridized carbons (Fsp3) is 0. The van der Waals surface area contributed by atoms with Gasteiger partial charge in [0, 0.05) is 206 Å². The zero-order chi connectivity index (χ0) is 0. The van der Waals surface area contributed by atoms with Gasteiger partial charge in [0.15, 0.2) is 0 Å². The van der Waals surface area contributed by atoms with Crippen LogP contribution < -0.4 is 0 Å². The van der Waals surface area contributed by atoms with Crippen LogP contribution >= 0.6 is 0 Å². The van der Waals surface area contributed by atoms with Crippen LogP contribution in [0.2, 0.25) is 0 Å². The molecule has 0 heterocycles. The van der Waals surface area contributed by atoms with Gasteiger partial charge < -0.3 is 0 Å². The van der Waals surface area contributed by atoms with Gasteiger partial charge >= 0.3 is 0 Å². The van der Waals surface area contributed by atoms with Crippen molar-refractivity contribution in [1.82, 2.24) is 0 Å². The van der Waals surface area contributed by atoms with Crippen molar-refractivity contribution in [3.8, 4) is 0 Å². The Kier molecular flexibility index (Phi) is 91.2. The van der Waals surface area contributed by atoms with E-state index in [4.69, 9.17) is 0 Å². The van der Waals surface area contributed by atoms with Crippen molar-refractivity contribution in [3.63, 3.8) is 0 Å². The minimum Gasteiger partial charge on any atom is 0 e. The Labute approximate surface area is 197 Å². The van der Waals surface area contributed by atoms with E-state index in [1.165, 1.54) is 0 Å². The third-order valence-corrected chi connectivity index (χ3v) is 0. The topological polar surface area (TPSA) is 0 Å². The van der Waals surface area contributed by atoms with Crippen LogP contribution in [0.4, 0.5) is 0 Å². The van der Waals surface area contributed by atoms with Crippen LogP contribution in [0.5, 0.6) is 0 Å². The maximum Gasteiger partial charge on any atom is 0 e. The molecule has 0 atom stereocenters. The quantitative estimate of drug-likeness (QED) is 0.374. The van der Waals surface area contributed by atoms with E-state index < -0.39 is 0 Å². The van der Waals surface area contributed by atoms with Gasteiger partial charge in [-0.3, -0.25) is 0 Å². The molecule has 0 aromatic carbocycles. The molecule has 0 saturated carbocycles. The summed E-state index contributed by atoms with van der Waals surface area (Å²) in [4.78, 5) is 0.